The minimum atomic E-state index is -0.102. The molecule has 1 aliphatic rings. The van der Waals surface area contributed by atoms with Crippen molar-refractivity contribution in [2.75, 3.05) is 6.61 Å². The first-order chi connectivity index (χ1) is 13.7. The Morgan fingerprint density at radius 2 is 1.71 bits per heavy atom. The standard InChI is InChI=1S/C23H24N2O3/c26-22(16-28-18-10-2-1-3-11-18)20-14-25(21-13-7-6-12-19(20)21)15-23(27)24-17-8-4-5-9-17/h1-3,6-7,10-14,17H,4-5,8-9,15-16H2,(H,24,27). The highest BCUT2D eigenvalue weighted by molar-refractivity contribution is 6.09. The number of amides is 1. The van der Waals surface area contributed by atoms with Crippen molar-refractivity contribution in [2.45, 2.75) is 38.3 Å². The average Bonchev–Trinajstić information content (AvgIpc) is 3.35. The van der Waals surface area contributed by atoms with Crippen molar-refractivity contribution in [1.82, 2.24) is 9.88 Å². The van der Waals surface area contributed by atoms with Crippen LogP contribution in [-0.2, 0) is 11.3 Å². The predicted molar refractivity (Wildman–Crippen MR) is 109 cm³/mol. The molecule has 1 saturated carbocycles. The normalized spacial score (nSPS) is 14.3. The first kappa shape index (κ1) is 18.3. The van der Waals surface area contributed by atoms with Gasteiger partial charge in [-0.25, -0.2) is 0 Å². The lowest BCUT2D eigenvalue weighted by molar-refractivity contribution is -0.122. The maximum Gasteiger partial charge on any atom is 0.240 e. The van der Waals surface area contributed by atoms with Crippen molar-refractivity contribution in [3.8, 4) is 5.75 Å². The molecule has 0 atom stereocenters. The summed E-state index contributed by atoms with van der Waals surface area (Å²) in [5.41, 5.74) is 1.47. The van der Waals surface area contributed by atoms with Crippen LogP contribution < -0.4 is 10.1 Å². The second-order valence-corrected chi connectivity index (χ2v) is 7.26. The van der Waals surface area contributed by atoms with E-state index in [2.05, 4.69) is 5.32 Å². The van der Waals surface area contributed by atoms with Crippen LogP contribution in [0.2, 0.25) is 0 Å². The van der Waals surface area contributed by atoms with Crippen molar-refractivity contribution >= 4 is 22.6 Å². The Hall–Kier alpha value is -3.08. The number of para-hydroxylation sites is 2. The molecule has 1 heterocycles. The summed E-state index contributed by atoms with van der Waals surface area (Å²) in [7, 11) is 0. The summed E-state index contributed by atoms with van der Waals surface area (Å²) in [5, 5.41) is 3.95. The molecule has 5 heteroatoms. The van der Waals surface area contributed by atoms with E-state index in [1.54, 1.807) is 6.20 Å². The zero-order chi connectivity index (χ0) is 19.3. The molecule has 0 saturated heterocycles. The van der Waals surface area contributed by atoms with Crippen molar-refractivity contribution in [3.05, 3.63) is 66.4 Å². The zero-order valence-electron chi connectivity index (χ0n) is 15.8. The lowest BCUT2D eigenvalue weighted by Gasteiger charge is -2.12. The van der Waals surface area contributed by atoms with Crippen LogP contribution in [0.5, 0.6) is 5.75 Å². The fourth-order valence-electron chi connectivity index (χ4n) is 3.84. The Morgan fingerprint density at radius 1 is 1.00 bits per heavy atom. The van der Waals surface area contributed by atoms with Gasteiger partial charge in [0.05, 0.1) is 0 Å². The number of Topliss-reactive ketones (excluding diaryl/α,β-unsaturated/α-hetero) is 1. The molecule has 1 aliphatic carbocycles. The van der Waals surface area contributed by atoms with Gasteiger partial charge in [0.1, 0.15) is 12.3 Å². The van der Waals surface area contributed by atoms with Crippen LogP contribution >= 0.6 is 0 Å². The zero-order valence-corrected chi connectivity index (χ0v) is 15.8. The quantitative estimate of drug-likeness (QED) is 0.635. The van der Waals surface area contributed by atoms with E-state index in [0.717, 1.165) is 23.7 Å². The summed E-state index contributed by atoms with van der Waals surface area (Å²) in [6, 6.07) is 17.2. The molecule has 0 aliphatic heterocycles. The van der Waals surface area contributed by atoms with Crippen molar-refractivity contribution in [3.63, 3.8) is 0 Å². The van der Waals surface area contributed by atoms with Gasteiger partial charge in [-0.2, -0.15) is 0 Å². The smallest absolute Gasteiger partial charge is 0.240 e. The molecule has 1 amide bonds. The van der Waals surface area contributed by atoms with E-state index in [4.69, 9.17) is 4.74 Å². The van der Waals surface area contributed by atoms with E-state index in [0.29, 0.717) is 11.3 Å². The molecule has 0 radical (unpaired) electrons. The molecule has 5 nitrogen and oxygen atoms in total. The first-order valence-corrected chi connectivity index (χ1v) is 9.79. The van der Waals surface area contributed by atoms with Crippen LogP contribution in [0.25, 0.3) is 10.9 Å². The van der Waals surface area contributed by atoms with E-state index >= 15 is 0 Å². The molecule has 144 valence electrons. The fourth-order valence-corrected chi connectivity index (χ4v) is 3.84. The maximum atomic E-state index is 12.8. The monoisotopic (exact) mass is 376 g/mol. The van der Waals surface area contributed by atoms with Gasteiger partial charge < -0.3 is 14.6 Å². The molecule has 3 aromatic rings. The molecular weight excluding hydrogens is 352 g/mol. The molecule has 28 heavy (non-hydrogen) atoms. The number of aromatic nitrogens is 1. The topological polar surface area (TPSA) is 60.3 Å². The van der Waals surface area contributed by atoms with Crippen LogP contribution in [0.15, 0.2) is 60.8 Å². The van der Waals surface area contributed by atoms with Crippen LogP contribution in [0.3, 0.4) is 0 Å². The van der Waals surface area contributed by atoms with E-state index in [1.807, 2.05) is 59.2 Å². The Balaban J connectivity index is 1.50. The Kier molecular flexibility index (Phi) is 5.42. The van der Waals surface area contributed by atoms with E-state index in [1.165, 1.54) is 12.8 Å². The van der Waals surface area contributed by atoms with Gasteiger partial charge in [0.2, 0.25) is 11.7 Å². The van der Waals surface area contributed by atoms with Crippen molar-refractivity contribution < 1.29 is 14.3 Å². The molecule has 1 fully saturated rings. The van der Waals surface area contributed by atoms with Gasteiger partial charge in [-0.15, -0.1) is 0 Å². The van der Waals surface area contributed by atoms with Crippen LogP contribution in [0.1, 0.15) is 36.0 Å². The number of carbonyl (C=O) groups excluding carboxylic acids is 2. The van der Waals surface area contributed by atoms with Crippen LogP contribution in [0, 0.1) is 0 Å². The number of nitrogens with zero attached hydrogens (tertiary/aromatic N) is 1. The molecule has 1 aromatic heterocycles. The van der Waals surface area contributed by atoms with Gasteiger partial charge in [-0.1, -0.05) is 49.2 Å². The highest BCUT2D eigenvalue weighted by atomic mass is 16.5. The van der Waals surface area contributed by atoms with Crippen LogP contribution in [-0.4, -0.2) is 28.9 Å². The summed E-state index contributed by atoms with van der Waals surface area (Å²) in [6.07, 6.45) is 6.24. The first-order valence-electron chi connectivity index (χ1n) is 9.79. The highest BCUT2D eigenvalue weighted by Crippen LogP contribution is 2.23. The third kappa shape index (κ3) is 4.09. The number of ketones is 1. The van der Waals surface area contributed by atoms with E-state index in [-0.39, 0.29) is 30.9 Å². The minimum Gasteiger partial charge on any atom is -0.485 e. The number of ether oxygens (including phenoxy) is 1. The molecule has 0 bridgehead atoms. The minimum absolute atomic E-state index is 0.00723. The molecule has 4 rings (SSSR count). The summed E-state index contributed by atoms with van der Waals surface area (Å²) in [4.78, 5) is 25.2. The number of hydrogen-bond acceptors (Lipinski definition) is 3. The van der Waals surface area contributed by atoms with Gasteiger partial charge in [0, 0.05) is 28.7 Å². The van der Waals surface area contributed by atoms with Gasteiger partial charge in [-0.3, -0.25) is 9.59 Å². The number of hydrogen-bond donors (Lipinski definition) is 1. The lowest BCUT2D eigenvalue weighted by atomic mass is 10.1. The number of fused-ring (bicyclic) bond motifs is 1. The van der Waals surface area contributed by atoms with Gasteiger partial charge in [0.15, 0.2) is 6.61 Å². The maximum absolute atomic E-state index is 12.8. The number of carbonyl (C=O) groups is 2. The second-order valence-electron chi connectivity index (χ2n) is 7.26. The SMILES string of the molecule is O=C(Cn1cc(C(=O)COc2ccccc2)c2ccccc21)NC1CCCC1. The highest BCUT2D eigenvalue weighted by Gasteiger charge is 2.20. The number of nitrogens with one attached hydrogen (secondary N) is 1. The predicted octanol–water partition coefficient (Wildman–Crippen LogP) is 3.96. The summed E-state index contributed by atoms with van der Waals surface area (Å²) in [6.45, 7) is 0.177. The molecule has 0 spiro atoms. The Bertz CT molecular complexity index is 972. The molecular formula is C23H24N2O3. The number of rotatable bonds is 7. The third-order valence-corrected chi connectivity index (χ3v) is 5.24. The largest absolute Gasteiger partial charge is 0.485 e. The Morgan fingerprint density at radius 3 is 2.50 bits per heavy atom. The average molecular weight is 376 g/mol. The van der Waals surface area contributed by atoms with Gasteiger partial charge in [0.25, 0.3) is 0 Å². The van der Waals surface area contributed by atoms with Gasteiger partial charge >= 0.3 is 0 Å². The second kappa shape index (κ2) is 8.30. The molecule has 2 aromatic carbocycles. The summed E-state index contributed by atoms with van der Waals surface area (Å²) in [5.74, 6) is 0.553. The van der Waals surface area contributed by atoms with Crippen molar-refractivity contribution in [2.24, 2.45) is 0 Å². The fraction of sp³-hybridized carbons (Fsp3) is 0.304. The van der Waals surface area contributed by atoms with Crippen molar-refractivity contribution in [1.29, 1.82) is 0 Å². The Labute approximate surface area is 164 Å². The summed E-state index contributed by atoms with van der Waals surface area (Å²) >= 11 is 0. The van der Waals surface area contributed by atoms with Gasteiger partial charge in [-0.05, 0) is 31.0 Å². The molecule has 0 unspecified atom stereocenters. The lowest BCUT2D eigenvalue weighted by Crippen LogP contribution is -2.35. The van der Waals surface area contributed by atoms with Crippen LogP contribution in [0.4, 0.5) is 0 Å². The number of benzene rings is 2. The van der Waals surface area contributed by atoms with E-state index < -0.39 is 0 Å². The summed E-state index contributed by atoms with van der Waals surface area (Å²) < 4.78 is 7.47. The molecule has 1 N–H and O–H groups in total. The third-order valence-electron chi connectivity index (χ3n) is 5.24. The van der Waals surface area contributed by atoms with E-state index in [9.17, 15) is 9.59 Å².